The minimum absolute atomic E-state index is 0. The molecule has 0 aromatic carbocycles. The van der Waals surface area contributed by atoms with Crippen molar-refractivity contribution in [2.75, 3.05) is 19.7 Å². The number of amides is 1. The molecule has 0 aliphatic carbocycles. The fourth-order valence-corrected chi connectivity index (χ4v) is 1.47. The van der Waals surface area contributed by atoms with Crippen LogP contribution in [0.2, 0.25) is 0 Å². The number of aliphatic hydroxyl groups excluding tert-OH is 1. The van der Waals surface area contributed by atoms with Crippen LogP contribution in [0, 0.1) is 0 Å². The van der Waals surface area contributed by atoms with Gasteiger partial charge >= 0.3 is 0 Å². The highest BCUT2D eigenvalue weighted by atomic mass is 35.5. The normalized spacial score (nSPS) is 22.2. The number of aliphatic hydroxyl groups is 1. The molecule has 0 radical (unpaired) electrons. The fraction of sp³-hybridized carbons (Fsp3) is 0.857. The summed E-state index contributed by atoms with van der Waals surface area (Å²) in [6.45, 7) is 0.865. The topological polar surface area (TPSA) is 66.6 Å². The Balaban J connectivity index is 0.00000121. The van der Waals surface area contributed by atoms with Crippen molar-refractivity contribution < 1.29 is 9.90 Å². The highest BCUT2D eigenvalue weighted by molar-refractivity contribution is 5.85. The van der Waals surface area contributed by atoms with E-state index >= 15 is 0 Å². The van der Waals surface area contributed by atoms with Crippen molar-refractivity contribution in [3.63, 3.8) is 0 Å². The van der Waals surface area contributed by atoms with Crippen molar-refractivity contribution in [2.24, 2.45) is 5.73 Å². The zero-order chi connectivity index (χ0) is 8.27. The molecule has 3 N–H and O–H groups in total. The van der Waals surface area contributed by atoms with Gasteiger partial charge in [-0.2, -0.15) is 0 Å². The molecule has 0 aromatic rings. The number of nitrogens with zero attached hydrogens (tertiary/aromatic N) is 1. The second-order valence-electron chi connectivity index (χ2n) is 2.77. The summed E-state index contributed by atoms with van der Waals surface area (Å²) in [6.07, 6.45) is 1.89. The van der Waals surface area contributed by atoms with Gasteiger partial charge < -0.3 is 15.7 Å². The Morgan fingerprint density at radius 2 is 2.33 bits per heavy atom. The van der Waals surface area contributed by atoms with Crippen molar-refractivity contribution in [1.82, 2.24) is 4.90 Å². The van der Waals surface area contributed by atoms with E-state index in [9.17, 15) is 4.79 Å². The SMILES string of the molecule is Cl.NCC(=O)N1CCC[C@@H]1CO. The highest BCUT2D eigenvalue weighted by Crippen LogP contribution is 2.15. The second-order valence-corrected chi connectivity index (χ2v) is 2.77. The van der Waals surface area contributed by atoms with Crippen LogP contribution in [0.3, 0.4) is 0 Å². The maximum absolute atomic E-state index is 11.1. The molecule has 1 aliphatic rings. The van der Waals surface area contributed by atoms with Crippen LogP contribution in [-0.4, -0.2) is 41.7 Å². The Hall–Kier alpha value is -0.320. The third kappa shape index (κ3) is 2.33. The van der Waals surface area contributed by atoms with E-state index in [-0.39, 0.29) is 37.5 Å². The molecule has 0 saturated carbocycles. The lowest BCUT2D eigenvalue weighted by atomic mass is 10.2. The lowest BCUT2D eigenvalue weighted by molar-refractivity contribution is -0.131. The van der Waals surface area contributed by atoms with Gasteiger partial charge in [-0.1, -0.05) is 0 Å². The predicted octanol–water partition coefficient (Wildman–Crippen LogP) is -0.650. The minimum Gasteiger partial charge on any atom is -0.394 e. The molecule has 1 saturated heterocycles. The van der Waals surface area contributed by atoms with Crippen LogP contribution < -0.4 is 5.73 Å². The van der Waals surface area contributed by atoms with Gasteiger partial charge in [0.05, 0.1) is 19.2 Å². The molecule has 0 spiro atoms. The van der Waals surface area contributed by atoms with Gasteiger partial charge in [-0.3, -0.25) is 4.79 Å². The molecule has 4 nitrogen and oxygen atoms in total. The number of halogens is 1. The molecule has 5 heteroatoms. The van der Waals surface area contributed by atoms with E-state index < -0.39 is 0 Å². The summed E-state index contributed by atoms with van der Waals surface area (Å²) < 4.78 is 0. The second kappa shape index (κ2) is 5.35. The zero-order valence-electron chi connectivity index (χ0n) is 6.90. The molecule has 0 bridgehead atoms. The van der Waals surface area contributed by atoms with Crippen LogP contribution in [0.1, 0.15) is 12.8 Å². The third-order valence-electron chi connectivity index (χ3n) is 2.08. The smallest absolute Gasteiger partial charge is 0.236 e. The van der Waals surface area contributed by atoms with E-state index in [0.717, 1.165) is 19.4 Å². The third-order valence-corrected chi connectivity index (χ3v) is 2.08. The summed E-state index contributed by atoms with van der Waals surface area (Å²) in [5, 5.41) is 8.85. The van der Waals surface area contributed by atoms with Crippen LogP contribution in [0.15, 0.2) is 0 Å². The van der Waals surface area contributed by atoms with Crippen molar-refractivity contribution in [3.05, 3.63) is 0 Å². The Kier molecular flexibility index (Phi) is 5.20. The molecule has 1 rings (SSSR count). The highest BCUT2D eigenvalue weighted by Gasteiger charge is 2.26. The first-order valence-electron chi connectivity index (χ1n) is 3.90. The first-order chi connectivity index (χ1) is 5.29. The number of carbonyl (C=O) groups excluding carboxylic acids is 1. The Morgan fingerprint density at radius 1 is 1.67 bits per heavy atom. The Bertz CT molecular complexity index is 154. The van der Waals surface area contributed by atoms with E-state index in [0.29, 0.717) is 0 Å². The maximum Gasteiger partial charge on any atom is 0.236 e. The fourth-order valence-electron chi connectivity index (χ4n) is 1.47. The molecule has 72 valence electrons. The molecule has 1 aliphatic heterocycles. The molecular formula is C7H15ClN2O2. The number of carbonyl (C=O) groups is 1. The molecule has 12 heavy (non-hydrogen) atoms. The average Bonchev–Trinajstić information content (AvgIpc) is 2.50. The van der Waals surface area contributed by atoms with Gasteiger partial charge in [0.15, 0.2) is 0 Å². The summed E-state index contributed by atoms with van der Waals surface area (Å²) in [5.41, 5.74) is 5.20. The van der Waals surface area contributed by atoms with Crippen LogP contribution >= 0.6 is 12.4 Å². The van der Waals surface area contributed by atoms with Crippen molar-refractivity contribution in [2.45, 2.75) is 18.9 Å². The maximum atomic E-state index is 11.1. The van der Waals surface area contributed by atoms with Gasteiger partial charge in [0.1, 0.15) is 0 Å². The summed E-state index contributed by atoms with van der Waals surface area (Å²) in [7, 11) is 0. The quantitative estimate of drug-likeness (QED) is 0.614. The van der Waals surface area contributed by atoms with Crippen LogP contribution in [-0.2, 0) is 4.79 Å². The Labute approximate surface area is 78.1 Å². The molecule has 1 atom stereocenters. The van der Waals surface area contributed by atoms with Crippen LogP contribution in [0.4, 0.5) is 0 Å². The van der Waals surface area contributed by atoms with Crippen molar-refractivity contribution in [3.8, 4) is 0 Å². The predicted molar refractivity (Wildman–Crippen MR) is 48.1 cm³/mol. The van der Waals surface area contributed by atoms with E-state index in [2.05, 4.69) is 0 Å². The summed E-state index contributed by atoms with van der Waals surface area (Å²) in [4.78, 5) is 12.7. The van der Waals surface area contributed by atoms with E-state index in [1.165, 1.54) is 0 Å². The first kappa shape index (κ1) is 11.7. The molecule has 1 heterocycles. The van der Waals surface area contributed by atoms with Gasteiger partial charge in [0.2, 0.25) is 5.91 Å². The first-order valence-corrected chi connectivity index (χ1v) is 3.90. The van der Waals surface area contributed by atoms with Gasteiger partial charge in [-0.25, -0.2) is 0 Å². The standard InChI is InChI=1S/C7H14N2O2.ClH/c8-4-7(11)9-3-1-2-6(9)5-10;/h6,10H,1-5,8H2;1H/t6-;/m1./s1. The summed E-state index contributed by atoms with van der Waals surface area (Å²) in [5.74, 6) is -0.0541. The molecule has 0 unspecified atom stereocenters. The van der Waals surface area contributed by atoms with Crippen molar-refractivity contribution >= 4 is 18.3 Å². The number of rotatable bonds is 2. The van der Waals surface area contributed by atoms with Crippen LogP contribution in [0.25, 0.3) is 0 Å². The van der Waals surface area contributed by atoms with E-state index in [1.54, 1.807) is 4.90 Å². The monoisotopic (exact) mass is 194 g/mol. The lowest BCUT2D eigenvalue weighted by Crippen LogP contribution is -2.41. The summed E-state index contributed by atoms with van der Waals surface area (Å²) >= 11 is 0. The zero-order valence-corrected chi connectivity index (χ0v) is 7.72. The molecule has 0 aromatic heterocycles. The number of hydrogen-bond donors (Lipinski definition) is 2. The number of nitrogens with two attached hydrogens (primary N) is 1. The van der Waals surface area contributed by atoms with Crippen LogP contribution in [0.5, 0.6) is 0 Å². The van der Waals surface area contributed by atoms with E-state index in [4.69, 9.17) is 10.8 Å². The van der Waals surface area contributed by atoms with Gasteiger partial charge in [-0.15, -0.1) is 12.4 Å². The van der Waals surface area contributed by atoms with Crippen molar-refractivity contribution in [1.29, 1.82) is 0 Å². The number of likely N-dealkylation sites (tertiary alicyclic amines) is 1. The lowest BCUT2D eigenvalue weighted by Gasteiger charge is -2.21. The minimum atomic E-state index is -0.0541. The molecular weight excluding hydrogens is 180 g/mol. The average molecular weight is 195 g/mol. The Morgan fingerprint density at radius 3 is 2.83 bits per heavy atom. The number of hydrogen-bond acceptors (Lipinski definition) is 3. The van der Waals surface area contributed by atoms with Gasteiger partial charge in [0, 0.05) is 6.54 Å². The van der Waals surface area contributed by atoms with Gasteiger partial charge in [-0.05, 0) is 12.8 Å². The molecule has 1 amide bonds. The largest absolute Gasteiger partial charge is 0.394 e. The van der Waals surface area contributed by atoms with Gasteiger partial charge in [0.25, 0.3) is 0 Å². The van der Waals surface area contributed by atoms with E-state index in [1.807, 2.05) is 0 Å². The molecule has 1 fully saturated rings. The summed E-state index contributed by atoms with van der Waals surface area (Å²) in [6, 6.07) is 0.0195.